The summed E-state index contributed by atoms with van der Waals surface area (Å²) in [4.78, 5) is 27.9. The van der Waals surface area contributed by atoms with E-state index in [4.69, 9.17) is 46.4 Å². The van der Waals surface area contributed by atoms with Crippen LogP contribution in [0, 0.1) is 0 Å². The first-order chi connectivity index (χ1) is 16.3. The molecular weight excluding hydrogens is 556 g/mol. The minimum atomic E-state index is -3.98. The summed E-state index contributed by atoms with van der Waals surface area (Å²) < 4.78 is 26.2. The molecule has 0 heterocycles. The average molecular weight is 583 g/mol. The summed E-state index contributed by atoms with van der Waals surface area (Å²) in [6.07, 6.45) is 1.24. The van der Waals surface area contributed by atoms with Gasteiger partial charge in [0.05, 0.1) is 27.0 Å². The van der Waals surface area contributed by atoms with Gasteiger partial charge >= 0.3 is 0 Å². The lowest BCUT2D eigenvalue weighted by Crippen LogP contribution is -2.53. The van der Waals surface area contributed by atoms with Gasteiger partial charge in [-0.1, -0.05) is 71.5 Å². The van der Waals surface area contributed by atoms with Crippen molar-refractivity contribution in [3.63, 3.8) is 0 Å². The predicted octanol–water partition coefficient (Wildman–Crippen LogP) is 5.40. The Morgan fingerprint density at radius 1 is 0.971 bits per heavy atom. The Balaban J connectivity index is 2.53. The number of anilines is 1. The third-order valence-corrected chi connectivity index (χ3v) is 7.57. The highest BCUT2D eigenvalue weighted by Gasteiger charge is 2.33. The van der Waals surface area contributed by atoms with Crippen LogP contribution in [0.15, 0.2) is 36.4 Å². The molecule has 0 unspecified atom stereocenters. The second kappa shape index (κ2) is 12.5. The largest absolute Gasteiger partial charge is 0.352 e. The molecule has 1 atom stereocenters. The molecule has 0 aromatic heterocycles. The van der Waals surface area contributed by atoms with Crippen LogP contribution in [-0.4, -0.2) is 50.0 Å². The highest BCUT2D eigenvalue weighted by molar-refractivity contribution is 7.92. The third-order valence-electron chi connectivity index (χ3n) is 5.05. The van der Waals surface area contributed by atoms with Gasteiger partial charge in [0.2, 0.25) is 21.8 Å². The van der Waals surface area contributed by atoms with Gasteiger partial charge in [-0.05, 0) is 44.0 Å². The van der Waals surface area contributed by atoms with Crippen molar-refractivity contribution in [2.45, 2.75) is 45.8 Å². The maximum atomic E-state index is 13.6. The molecule has 0 fully saturated rings. The fraction of sp³-hybridized carbons (Fsp3) is 0.391. The molecule has 192 valence electrons. The molecule has 1 N–H and O–H groups in total. The van der Waals surface area contributed by atoms with Crippen LogP contribution in [0.2, 0.25) is 20.1 Å². The minimum Gasteiger partial charge on any atom is -0.352 e. The zero-order valence-electron chi connectivity index (χ0n) is 19.7. The maximum absolute atomic E-state index is 13.6. The van der Waals surface area contributed by atoms with E-state index in [0.717, 1.165) is 10.6 Å². The first-order valence-electron chi connectivity index (χ1n) is 10.7. The van der Waals surface area contributed by atoms with Gasteiger partial charge in [-0.15, -0.1) is 0 Å². The lowest BCUT2D eigenvalue weighted by Gasteiger charge is -2.33. The molecule has 0 aliphatic carbocycles. The molecule has 0 radical (unpaired) electrons. The van der Waals surface area contributed by atoms with Crippen molar-refractivity contribution < 1.29 is 18.0 Å². The molecule has 2 aromatic carbocycles. The molecule has 2 aromatic rings. The van der Waals surface area contributed by atoms with Crippen LogP contribution in [0.4, 0.5) is 5.69 Å². The molecule has 0 bridgehead atoms. The second-order valence-electron chi connectivity index (χ2n) is 8.19. The summed E-state index contributed by atoms with van der Waals surface area (Å²) in [6.45, 7) is 4.76. The van der Waals surface area contributed by atoms with Gasteiger partial charge < -0.3 is 10.2 Å². The van der Waals surface area contributed by atoms with E-state index < -0.39 is 28.5 Å². The SMILES string of the molecule is CC[C@@H](C(=O)NC(C)C)N(Cc1ccccc1Cl)C(=O)CN(c1cc(Cl)c(Cl)cc1Cl)S(C)(=O)=O. The zero-order valence-corrected chi connectivity index (χ0v) is 23.5. The number of benzene rings is 2. The smallest absolute Gasteiger partial charge is 0.244 e. The Morgan fingerprint density at radius 2 is 1.57 bits per heavy atom. The molecule has 12 heteroatoms. The highest BCUT2D eigenvalue weighted by atomic mass is 35.5. The monoisotopic (exact) mass is 581 g/mol. The van der Waals surface area contributed by atoms with E-state index in [9.17, 15) is 18.0 Å². The Bertz CT molecular complexity index is 1190. The van der Waals surface area contributed by atoms with E-state index in [2.05, 4.69) is 5.32 Å². The highest BCUT2D eigenvalue weighted by Crippen LogP contribution is 2.35. The Kier molecular flexibility index (Phi) is 10.5. The maximum Gasteiger partial charge on any atom is 0.244 e. The van der Waals surface area contributed by atoms with E-state index in [1.807, 2.05) is 13.8 Å². The Hall–Kier alpha value is -1.71. The summed E-state index contributed by atoms with van der Waals surface area (Å²) in [5.41, 5.74) is 0.603. The van der Waals surface area contributed by atoms with Crippen molar-refractivity contribution in [3.05, 3.63) is 62.1 Å². The third kappa shape index (κ3) is 7.89. The summed E-state index contributed by atoms with van der Waals surface area (Å²) >= 11 is 24.7. The van der Waals surface area contributed by atoms with Crippen molar-refractivity contribution in [2.75, 3.05) is 17.1 Å². The normalized spacial score (nSPS) is 12.4. The minimum absolute atomic E-state index is 0.000119. The van der Waals surface area contributed by atoms with Gasteiger partial charge in [-0.2, -0.15) is 0 Å². The molecule has 35 heavy (non-hydrogen) atoms. The molecular formula is C23H27Cl4N3O4S. The average Bonchev–Trinajstić information content (AvgIpc) is 2.74. The predicted molar refractivity (Wildman–Crippen MR) is 143 cm³/mol. The molecule has 7 nitrogen and oxygen atoms in total. The van der Waals surface area contributed by atoms with E-state index in [-0.39, 0.29) is 39.2 Å². The number of hydrogen-bond donors (Lipinski definition) is 1. The van der Waals surface area contributed by atoms with E-state index >= 15 is 0 Å². The van der Waals surface area contributed by atoms with Crippen LogP contribution < -0.4 is 9.62 Å². The number of carbonyl (C=O) groups excluding carboxylic acids is 2. The van der Waals surface area contributed by atoms with Crippen LogP contribution in [0.5, 0.6) is 0 Å². The fourth-order valence-electron chi connectivity index (χ4n) is 3.41. The first-order valence-corrected chi connectivity index (χ1v) is 14.1. The van der Waals surface area contributed by atoms with E-state index in [0.29, 0.717) is 17.0 Å². The molecule has 2 rings (SSSR count). The van der Waals surface area contributed by atoms with Gasteiger partial charge in [0.25, 0.3) is 0 Å². The van der Waals surface area contributed by atoms with Gasteiger partial charge in [-0.25, -0.2) is 8.42 Å². The first kappa shape index (κ1) is 29.5. The number of halogens is 4. The molecule has 0 spiro atoms. The Morgan fingerprint density at radius 3 is 2.11 bits per heavy atom. The van der Waals surface area contributed by atoms with Gasteiger partial charge in [-0.3, -0.25) is 13.9 Å². The summed E-state index contributed by atoms with van der Waals surface area (Å²) in [5, 5.41) is 3.44. The number of sulfonamides is 1. The lowest BCUT2D eigenvalue weighted by molar-refractivity contribution is -0.140. The van der Waals surface area contributed by atoms with Gasteiger partial charge in [0, 0.05) is 17.6 Å². The van der Waals surface area contributed by atoms with Crippen molar-refractivity contribution in [1.82, 2.24) is 10.2 Å². The number of hydrogen-bond acceptors (Lipinski definition) is 4. The molecule has 2 amide bonds. The summed E-state index contributed by atoms with van der Waals surface area (Å²) in [7, 11) is -3.98. The van der Waals surface area contributed by atoms with Crippen LogP contribution >= 0.6 is 46.4 Å². The Labute approximate surface area is 226 Å². The fourth-order valence-corrected chi connectivity index (χ4v) is 5.15. The molecule has 0 saturated heterocycles. The number of rotatable bonds is 10. The van der Waals surface area contributed by atoms with Crippen molar-refractivity contribution in [3.8, 4) is 0 Å². The quantitative estimate of drug-likeness (QED) is 0.380. The van der Waals surface area contributed by atoms with Crippen molar-refractivity contribution in [2.24, 2.45) is 0 Å². The van der Waals surface area contributed by atoms with Crippen LogP contribution in [0.3, 0.4) is 0 Å². The molecule has 0 saturated carbocycles. The zero-order chi connectivity index (χ0) is 26.5. The second-order valence-corrected chi connectivity index (χ2v) is 11.7. The number of carbonyl (C=O) groups is 2. The summed E-state index contributed by atoms with van der Waals surface area (Å²) in [6, 6.07) is 8.48. The van der Waals surface area contributed by atoms with Crippen LogP contribution in [0.25, 0.3) is 0 Å². The van der Waals surface area contributed by atoms with E-state index in [1.54, 1.807) is 31.2 Å². The standard InChI is InChI=1S/C23H27Cl4N3O4S/c1-5-20(23(32)28-14(2)3)29(12-15-8-6-7-9-16(15)24)22(31)13-30(35(4,33)34)21-11-18(26)17(25)10-19(21)27/h6-11,14,20H,5,12-13H2,1-4H3,(H,28,32)/t20-/m0/s1. The van der Waals surface area contributed by atoms with E-state index in [1.165, 1.54) is 17.0 Å². The van der Waals surface area contributed by atoms with Gasteiger partial charge in [0.1, 0.15) is 12.6 Å². The van der Waals surface area contributed by atoms with Crippen molar-refractivity contribution >= 4 is 73.9 Å². The molecule has 0 aliphatic rings. The number of nitrogens with one attached hydrogen (secondary N) is 1. The number of nitrogens with zero attached hydrogens (tertiary/aromatic N) is 2. The topological polar surface area (TPSA) is 86.8 Å². The van der Waals surface area contributed by atoms with Gasteiger partial charge in [0.15, 0.2) is 0 Å². The lowest BCUT2D eigenvalue weighted by atomic mass is 10.1. The van der Waals surface area contributed by atoms with Crippen molar-refractivity contribution in [1.29, 1.82) is 0 Å². The summed E-state index contributed by atoms with van der Waals surface area (Å²) in [5.74, 6) is -0.982. The van der Waals surface area contributed by atoms with Crippen LogP contribution in [-0.2, 0) is 26.2 Å². The molecule has 0 aliphatic heterocycles. The number of amides is 2. The van der Waals surface area contributed by atoms with Crippen LogP contribution in [0.1, 0.15) is 32.8 Å².